The van der Waals surface area contributed by atoms with E-state index in [9.17, 15) is 38.8 Å². The second kappa shape index (κ2) is 10.8. The average molecular weight is 581 g/mol. The third kappa shape index (κ3) is 6.05. The molecule has 2 aromatic carbocycles. The molecule has 2 fully saturated rings. The largest absolute Gasteiger partial charge is 0.416 e. The Labute approximate surface area is 219 Å². The van der Waals surface area contributed by atoms with Gasteiger partial charge in [-0.25, -0.2) is 30.3 Å². The number of nitrogens with one attached hydrogen (secondary N) is 1. The molecular formula is C25H29F5N2O4S2. The summed E-state index contributed by atoms with van der Waals surface area (Å²) in [6, 6.07) is 4.70. The number of hydrogen-bond donors (Lipinski definition) is 1. The van der Waals surface area contributed by atoms with Crippen LogP contribution < -0.4 is 4.72 Å². The molecule has 0 amide bonds. The second-order valence-electron chi connectivity index (χ2n) is 9.90. The molecule has 1 heterocycles. The molecule has 1 N–H and O–H groups in total. The van der Waals surface area contributed by atoms with Crippen LogP contribution in [0.1, 0.15) is 49.7 Å². The molecule has 6 nitrogen and oxygen atoms in total. The van der Waals surface area contributed by atoms with Crippen LogP contribution in [0.25, 0.3) is 0 Å². The van der Waals surface area contributed by atoms with E-state index in [0.717, 1.165) is 56.3 Å². The monoisotopic (exact) mass is 580 g/mol. The van der Waals surface area contributed by atoms with Crippen LogP contribution in [0, 0.1) is 11.6 Å². The Bertz CT molecular complexity index is 1350. The summed E-state index contributed by atoms with van der Waals surface area (Å²) in [6.07, 6.45) is -3.13. The lowest BCUT2D eigenvalue weighted by Crippen LogP contribution is -2.47. The van der Waals surface area contributed by atoms with Crippen molar-refractivity contribution in [2.75, 3.05) is 25.4 Å². The van der Waals surface area contributed by atoms with Gasteiger partial charge in [-0.2, -0.15) is 13.2 Å². The van der Waals surface area contributed by atoms with Crippen LogP contribution in [0.4, 0.5) is 22.0 Å². The zero-order valence-corrected chi connectivity index (χ0v) is 22.1. The van der Waals surface area contributed by atoms with Crippen LogP contribution >= 0.6 is 0 Å². The molecular weight excluding hydrogens is 551 g/mol. The lowest BCUT2D eigenvalue weighted by atomic mass is 9.80. The summed E-state index contributed by atoms with van der Waals surface area (Å²) < 4.78 is 122. The lowest BCUT2D eigenvalue weighted by molar-refractivity contribution is -0.137. The van der Waals surface area contributed by atoms with Gasteiger partial charge < -0.3 is 4.90 Å². The molecule has 13 heteroatoms. The van der Waals surface area contributed by atoms with Gasteiger partial charge in [-0.3, -0.25) is 0 Å². The first-order chi connectivity index (χ1) is 17.7. The molecule has 38 heavy (non-hydrogen) atoms. The summed E-state index contributed by atoms with van der Waals surface area (Å²) in [5.41, 5.74) is -1.47. The number of halogens is 5. The van der Waals surface area contributed by atoms with Crippen LogP contribution in [0.3, 0.4) is 0 Å². The SMILES string of the molecule is O=S(=O)(CCN1CCCC1)NC1CCC(c2cc(F)ccc2F)(S(=O)(=O)c2ccc(C(F)(F)F)cc2)CC1. The van der Waals surface area contributed by atoms with Gasteiger partial charge in [0.25, 0.3) is 0 Å². The first-order valence-electron chi connectivity index (χ1n) is 12.3. The summed E-state index contributed by atoms with van der Waals surface area (Å²) in [6.45, 7) is 2.05. The van der Waals surface area contributed by atoms with E-state index in [1.807, 2.05) is 0 Å². The maximum atomic E-state index is 15.0. The van der Waals surface area contributed by atoms with Gasteiger partial charge in [0.2, 0.25) is 10.0 Å². The molecule has 0 bridgehead atoms. The Morgan fingerprint density at radius 2 is 1.53 bits per heavy atom. The quantitative estimate of drug-likeness (QED) is 0.462. The molecule has 0 atom stereocenters. The van der Waals surface area contributed by atoms with Crippen molar-refractivity contribution in [3.05, 3.63) is 65.2 Å². The summed E-state index contributed by atoms with van der Waals surface area (Å²) >= 11 is 0. The van der Waals surface area contributed by atoms with E-state index in [-0.39, 0.29) is 31.4 Å². The fraction of sp³-hybridized carbons (Fsp3) is 0.520. The Kier molecular flexibility index (Phi) is 8.23. The van der Waals surface area contributed by atoms with Crippen LogP contribution in [0.5, 0.6) is 0 Å². The van der Waals surface area contributed by atoms with E-state index in [1.165, 1.54) is 0 Å². The average Bonchev–Trinajstić information content (AvgIpc) is 3.38. The van der Waals surface area contributed by atoms with Crippen molar-refractivity contribution in [1.29, 1.82) is 0 Å². The lowest BCUT2D eigenvalue weighted by Gasteiger charge is -2.40. The van der Waals surface area contributed by atoms with E-state index in [1.54, 1.807) is 0 Å². The maximum Gasteiger partial charge on any atom is 0.416 e. The van der Waals surface area contributed by atoms with Gasteiger partial charge in [0.1, 0.15) is 16.4 Å². The topological polar surface area (TPSA) is 83.6 Å². The highest BCUT2D eigenvalue weighted by Gasteiger charge is 2.50. The number of alkyl halides is 3. The normalized spacial score (nSPS) is 23.6. The first-order valence-corrected chi connectivity index (χ1v) is 15.5. The third-order valence-electron chi connectivity index (χ3n) is 7.44. The molecule has 210 valence electrons. The van der Waals surface area contributed by atoms with Gasteiger partial charge >= 0.3 is 6.18 Å². The molecule has 0 unspecified atom stereocenters. The first kappa shape index (κ1) is 28.9. The third-order valence-corrected chi connectivity index (χ3v) is 11.4. The smallest absolute Gasteiger partial charge is 0.302 e. The Morgan fingerprint density at radius 3 is 2.11 bits per heavy atom. The highest BCUT2D eigenvalue weighted by Crippen LogP contribution is 2.48. The molecule has 4 rings (SSSR count). The Balaban J connectivity index is 1.60. The Hall–Kier alpha value is -2.09. The fourth-order valence-electron chi connectivity index (χ4n) is 5.35. The number of hydrogen-bond acceptors (Lipinski definition) is 5. The van der Waals surface area contributed by atoms with Gasteiger partial charge in [0, 0.05) is 18.2 Å². The van der Waals surface area contributed by atoms with E-state index < -0.39 is 64.5 Å². The summed E-state index contributed by atoms with van der Waals surface area (Å²) in [5, 5.41) is 0. The molecule has 0 aromatic heterocycles. The van der Waals surface area contributed by atoms with Crippen LogP contribution in [0.15, 0.2) is 47.4 Å². The molecule has 0 spiro atoms. The van der Waals surface area contributed by atoms with E-state index in [2.05, 4.69) is 9.62 Å². The maximum absolute atomic E-state index is 15.0. The Morgan fingerprint density at radius 1 is 0.921 bits per heavy atom. The molecule has 1 saturated heterocycles. The minimum absolute atomic E-state index is 0.0127. The summed E-state index contributed by atoms with van der Waals surface area (Å²) in [5.74, 6) is -1.95. The van der Waals surface area contributed by atoms with Crippen molar-refractivity contribution in [2.45, 2.75) is 60.4 Å². The number of rotatable bonds is 8. The van der Waals surface area contributed by atoms with Crippen molar-refractivity contribution in [1.82, 2.24) is 9.62 Å². The minimum Gasteiger partial charge on any atom is -0.302 e. The van der Waals surface area contributed by atoms with Gasteiger partial charge in [0.15, 0.2) is 9.84 Å². The van der Waals surface area contributed by atoms with Crippen molar-refractivity contribution in [3.63, 3.8) is 0 Å². The van der Waals surface area contributed by atoms with Crippen molar-refractivity contribution in [2.24, 2.45) is 0 Å². The zero-order chi connectivity index (χ0) is 27.8. The van der Waals surface area contributed by atoms with Gasteiger partial charge in [-0.1, -0.05) is 0 Å². The zero-order valence-electron chi connectivity index (χ0n) is 20.5. The van der Waals surface area contributed by atoms with Gasteiger partial charge in [-0.05, 0) is 94.1 Å². The summed E-state index contributed by atoms with van der Waals surface area (Å²) in [4.78, 5) is 1.59. The van der Waals surface area contributed by atoms with E-state index in [4.69, 9.17) is 0 Å². The minimum atomic E-state index is -4.68. The standard InChI is InChI=1S/C25H29F5N2O4S2/c26-19-5-8-23(27)22(17-19)24(38(35,36)21-6-3-18(4-7-21)25(28,29)30)11-9-20(10-12-24)31-37(33,34)16-15-32-13-1-2-14-32/h3-8,17,20,31H,1-2,9-16H2. The molecule has 2 aromatic rings. The van der Waals surface area contributed by atoms with Crippen molar-refractivity contribution >= 4 is 19.9 Å². The number of sulfonamides is 1. The van der Waals surface area contributed by atoms with E-state index in [0.29, 0.717) is 18.7 Å². The molecule has 1 aliphatic heterocycles. The second-order valence-corrected chi connectivity index (χ2v) is 14.0. The van der Waals surface area contributed by atoms with Gasteiger partial charge in [0.05, 0.1) is 16.2 Å². The fourth-order valence-corrected chi connectivity index (χ4v) is 8.87. The van der Waals surface area contributed by atoms with E-state index >= 15 is 0 Å². The highest BCUT2D eigenvalue weighted by atomic mass is 32.2. The van der Waals surface area contributed by atoms with Crippen LogP contribution in [-0.4, -0.2) is 53.2 Å². The molecule has 2 aliphatic rings. The molecule has 1 aliphatic carbocycles. The predicted octanol–water partition coefficient (Wildman–Crippen LogP) is 4.61. The van der Waals surface area contributed by atoms with Gasteiger partial charge in [-0.15, -0.1) is 0 Å². The molecule has 1 saturated carbocycles. The highest BCUT2D eigenvalue weighted by molar-refractivity contribution is 7.92. The van der Waals surface area contributed by atoms with Crippen molar-refractivity contribution in [3.8, 4) is 0 Å². The van der Waals surface area contributed by atoms with Crippen LogP contribution in [-0.2, 0) is 30.8 Å². The number of nitrogens with zero attached hydrogens (tertiary/aromatic N) is 1. The predicted molar refractivity (Wildman–Crippen MR) is 132 cm³/mol. The molecule has 0 radical (unpaired) electrons. The number of sulfone groups is 1. The number of benzene rings is 2. The van der Waals surface area contributed by atoms with Crippen molar-refractivity contribution < 1.29 is 38.8 Å². The summed E-state index contributed by atoms with van der Waals surface area (Å²) in [7, 11) is -8.20. The van der Waals surface area contributed by atoms with Crippen LogP contribution in [0.2, 0.25) is 0 Å². The number of likely N-dealkylation sites (tertiary alicyclic amines) is 1.